The summed E-state index contributed by atoms with van der Waals surface area (Å²) in [7, 11) is 1.20. The van der Waals surface area contributed by atoms with Gasteiger partial charge >= 0.3 is 17.9 Å². The SMILES string of the molecule is C=C[C@H]1OCC[C@@H](C[C@H]2CCC[C@@H](C[C@@H](O)CC(=O)O[C@H](C[C@@H]3C/C(=C\C(=O)OC)[C@H](OC(C)=O)[C@](O)(C(C)(C)C)O3)[C@@H](C)O)O2)O1. The summed E-state index contributed by atoms with van der Waals surface area (Å²) in [5.41, 5.74) is -0.754. The van der Waals surface area contributed by atoms with Crippen molar-refractivity contribution >= 4 is 17.9 Å². The first-order valence-electron chi connectivity index (χ1n) is 16.5. The molecule has 0 aromatic rings. The largest absolute Gasteiger partial charge is 0.466 e. The maximum atomic E-state index is 13.0. The van der Waals surface area contributed by atoms with E-state index in [1.807, 2.05) is 0 Å². The fourth-order valence-electron chi connectivity index (χ4n) is 6.28. The van der Waals surface area contributed by atoms with Crippen LogP contribution in [0, 0.1) is 5.41 Å². The van der Waals surface area contributed by atoms with Crippen molar-refractivity contribution in [2.75, 3.05) is 13.7 Å². The van der Waals surface area contributed by atoms with E-state index in [2.05, 4.69) is 6.58 Å². The molecule has 13 nitrogen and oxygen atoms in total. The number of rotatable bonds is 13. The minimum atomic E-state index is -2.08. The van der Waals surface area contributed by atoms with Gasteiger partial charge in [0.2, 0.25) is 5.79 Å². The predicted molar refractivity (Wildman–Crippen MR) is 168 cm³/mol. The molecule has 3 heterocycles. The molecule has 3 fully saturated rings. The van der Waals surface area contributed by atoms with Crippen molar-refractivity contribution in [1.29, 1.82) is 0 Å². The van der Waals surface area contributed by atoms with Crippen molar-refractivity contribution in [3.8, 4) is 0 Å². The molecule has 0 saturated carbocycles. The van der Waals surface area contributed by atoms with Gasteiger partial charge in [0.15, 0.2) is 12.4 Å². The van der Waals surface area contributed by atoms with Crippen molar-refractivity contribution in [2.24, 2.45) is 5.41 Å². The Labute approximate surface area is 277 Å². The molecule has 3 aliphatic rings. The number of aliphatic hydroxyl groups is 3. The lowest BCUT2D eigenvalue weighted by Crippen LogP contribution is -2.61. The zero-order chi connectivity index (χ0) is 34.9. The Morgan fingerprint density at radius 3 is 2.36 bits per heavy atom. The van der Waals surface area contributed by atoms with Crippen LogP contribution in [-0.2, 0) is 47.5 Å². The number of hydrogen-bond acceptors (Lipinski definition) is 13. The van der Waals surface area contributed by atoms with Crippen LogP contribution in [0.4, 0.5) is 0 Å². The molecule has 3 N–H and O–H groups in total. The molecule has 0 aliphatic carbocycles. The molecule has 268 valence electrons. The van der Waals surface area contributed by atoms with E-state index in [0.717, 1.165) is 31.8 Å². The lowest BCUT2D eigenvalue weighted by molar-refractivity contribution is -0.333. The van der Waals surface area contributed by atoms with E-state index in [1.54, 1.807) is 26.8 Å². The highest BCUT2D eigenvalue weighted by Crippen LogP contribution is 2.45. The highest BCUT2D eigenvalue weighted by atomic mass is 16.7. The molecule has 10 atom stereocenters. The molecule has 0 aromatic heterocycles. The molecule has 3 aliphatic heterocycles. The van der Waals surface area contributed by atoms with Crippen molar-refractivity contribution in [1.82, 2.24) is 0 Å². The molecule has 0 amide bonds. The molecule has 0 bridgehead atoms. The third-order valence-corrected chi connectivity index (χ3v) is 8.82. The number of ether oxygens (including phenoxy) is 7. The van der Waals surface area contributed by atoms with Crippen LogP contribution in [0.15, 0.2) is 24.3 Å². The third-order valence-electron chi connectivity index (χ3n) is 8.82. The monoisotopic (exact) mass is 670 g/mol. The fourth-order valence-corrected chi connectivity index (χ4v) is 6.28. The third kappa shape index (κ3) is 11.3. The fraction of sp³-hybridized carbons (Fsp3) is 0.794. The summed E-state index contributed by atoms with van der Waals surface area (Å²) in [6.07, 6.45) is 0.664. The van der Waals surface area contributed by atoms with E-state index in [1.165, 1.54) is 21.0 Å². The van der Waals surface area contributed by atoms with Crippen LogP contribution in [-0.4, -0.2) is 108 Å². The average molecular weight is 671 g/mol. The predicted octanol–water partition coefficient (Wildman–Crippen LogP) is 3.01. The number of carbonyl (C=O) groups is 3. The lowest BCUT2D eigenvalue weighted by atomic mass is 9.76. The molecular formula is C34H54O13. The van der Waals surface area contributed by atoms with Crippen molar-refractivity contribution in [3.63, 3.8) is 0 Å². The summed E-state index contributed by atoms with van der Waals surface area (Å²) in [4.78, 5) is 37.1. The van der Waals surface area contributed by atoms with Crippen LogP contribution in [0.3, 0.4) is 0 Å². The quantitative estimate of drug-likeness (QED) is 0.113. The summed E-state index contributed by atoms with van der Waals surface area (Å²) in [6, 6.07) is 0. The smallest absolute Gasteiger partial charge is 0.330 e. The van der Waals surface area contributed by atoms with Gasteiger partial charge in [-0.2, -0.15) is 0 Å². The molecule has 47 heavy (non-hydrogen) atoms. The highest BCUT2D eigenvalue weighted by Gasteiger charge is 2.56. The van der Waals surface area contributed by atoms with E-state index in [0.29, 0.717) is 13.0 Å². The zero-order valence-electron chi connectivity index (χ0n) is 28.6. The summed E-state index contributed by atoms with van der Waals surface area (Å²) >= 11 is 0. The van der Waals surface area contributed by atoms with E-state index < -0.39 is 65.9 Å². The number of hydrogen-bond donors (Lipinski definition) is 3. The number of esters is 3. The Morgan fingerprint density at radius 1 is 1.06 bits per heavy atom. The summed E-state index contributed by atoms with van der Waals surface area (Å²) in [5.74, 6) is -4.19. The minimum Gasteiger partial charge on any atom is -0.466 e. The maximum Gasteiger partial charge on any atom is 0.330 e. The van der Waals surface area contributed by atoms with E-state index in [9.17, 15) is 29.7 Å². The van der Waals surface area contributed by atoms with Crippen molar-refractivity contribution in [3.05, 3.63) is 24.3 Å². The van der Waals surface area contributed by atoms with Gasteiger partial charge in [-0.25, -0.2) is 4.79 Å². The van der Waals surface area contributed by atoms with Gasteiger partial charge in [0.1, 0.15) is 6.10 Å². The van der Waals surface area contributed by atoms with Crippen LogP contribution >= 0.6 is 0 Å². The van der Waals surface area contributed by atoms with Crippen LogP contribution in [0.2, 0.25) is 0 Å². The molecule has 3 saturated heterocycles. The molecule has 0 aromatic carbocycles. The van der Waals surface area contributed by atoms with Gasteiger partial charge in [-0.15, -0.1) is 0 Å². The first-order chi connectivity index (χ1) is 22.0. The minimum absolute atomic E-state index is 0.0000704. The Bertz CT molecular complexity index is 1100. The molecule has 0 unspecified atom stereocenters. The van der Waals surface area contributed by atoms with Crippen LogP contribution in [0.5, 0.6) is 0 Å². The van der Waals surface area contributed by atoms with E-state index >= 15 is 0 Å². The molecule has 0 radical (unpaired) electrons. The Hall–Kier alpha value is -2.39. The van der Waals surface area contributed by atoms with Crippen LogP contribution in [0.1, 0.15) is 92.4 Å². The first kappa shape index (κ1) is 39.1. The van der Waals surface area contributed by atoms with Gasteiger partial charge in [0, 0.05) is 31.3 Å². The van der Waals surface area contributed by atoms with Gasteiger partial charge in [0.25, 0.3) is 0 Å². The van der Waals surface area contributed by atoms with E-state index in [4.69, 9.17) is 33.2 Å². The first-order valence-corrected chi connectivity index (χ1v) is 16.5. The van der Waals surface area contributed by atoms with Gasteiger partial charge in [-0.3, -0.25) is 9.59 Å². The van der Waals surface area contributed by atoms with Gasteiger partial charge in [-0.1, -0.05) is 27.4 Å². The van der Waals surface area contributed by atoms with E-state index in [-0.39, 0.29) is 49.6 Å². The number of aliphatic hydroxyl groups excluding tert-OH is 2. The summed E-state index contributed by atoms with van der Waals surface area (Å²) < 4.78 is 39.5. The number of carbonyl (C=O) groups excluding carboxylic acids is 3. The molecule has 0 spiro atoms. The zero-order valence-corrected chi connectivity index (χ0v) is 28.6. The average Bonchev–Trinajstić information content (AvgIpc) is 2.98. The maximum absolute atomic E-state index is 13.0. The van der Waals surface area contributed by atoms with Gasteiger partial charge < -0.3 is 48.5 Å². The molecular weight excluding hydrogens is 616 g/mol. The Kier molecular flexibility index (Phi) is 14.4. The Balaban J connectivity index is 1.61. The second kappa shape index (κ2) is 17.3. The second-order valence-electron chi connectivity index (χ2n) is 13.8. The number of methoxy groups -OCH3 is 1. The second-order valence-corrected chi connectivity index (χ2v) is 13.8. The standard InChI is InChI=1S/C34H54O13/c1-8-31-42-13-12-26(45-31)18-25-11-9-10-24(44-25)16-23(37)17-30(39)46-28(20(2)35)19-27-14-22(15-29(38)41-7)32(43-21(3)36)34(40,47-27)33(4,5)6/h8,15,20,23-28,31-32,35,37,40H,1,9-14,16-19H2,2-7H3/b22-15+/t20-,23-,24+,25-,26+,27+,28-,31+,32+,34-/m1/s1. The van der Waals surface area contributed by atoms with Gasteiger partial charge in [-0.05, 0) is 57.1 Å². The normalized spacial score (nSPS) is 32.9. The molecule has 3 rings (SSSR count). The highest BCUT2D eigenvalue weighted by molar-refractivity contribution is 5.83. The Morgan fingerprint density at radius 2 is 1.74 bits per heavy atom. The molecule has 13 heteroatoms. The van der Waals surface area contributed by atoms with Crippen LogP contribution in [0.25, 0.3) is 0 Å². The topological polar surface area (TPSA) is 177 Å². The summed E-state index contributed by atoms with van der Waals surface area (Å²) in [6.45, 7) is 12.0. The lowest BCUT2D eigenvalue weighted by Gasteiger charge is -2.50. The summed E-state index contributed by atoms with van der Waals surface area (Å²) in [5, 5.41) is 33.1. The van der Waals surface area contributed by atoms with Gasteiger partial charge in [0.05, 0.1) is 56.8 Å². The van der Waals surface area contributed by atoms with Crippen molar-refractivity contribution < 1.29 is 62.9 Å². The van der Waals surface area contributed by atoms with Crippen molar-refractivity contribution in [2.45, 2.75) is 153 Å². The van der Waals surface area contributed by atoms with Crippen LogP contribution < -0.4 is 0 Å².